The predicted octanol–water partition coefficient (Wildman–Crippen LogP) is -6.03. The van der Waals surface area contributed by atoms with Crippen molar-refractivity contribution in [2.45, 2.75) is 53.1 Å². The number of rotatable bonds is 5. The molecule has 146 valence electrons. The first-order valence-electron chi connectivity index (χ1n) is 7.40. The molecule has 3 aliphatic rings. The Bertz CT molecular complexity index is 558. The van der Waals surface area contributed by atoms with Gasteiger partial charge in [0.1, 0.15) is 0 Å². The second-order valence-corrected chi connectivity index (χ2v) is 9.00. The van der Waals surface area contributed by atoms with E-state index in [-0.39, 0.29) is 0 Å². The van der Waals surface area contributed by atoms with Crippen LogP contribution in [0.25, 0.3) is 0 Å². The van der Waals surface area contributed by atoms with Crippen LogP contribution in [0.4, 0.5) is 0 Å². The zero-order chi connectivity index (χ0) is 18.6. The molecule has 3 rings (SSSR count). The van der Waals surface area contributed by atoms with Gasteiger partial charge >= 0.3 is 153 Å². The van der Waals surface area contributed by atoms with Crippen LogP contribution in [0.15, 0.2) is 11.5 Å². The molecule has 12 heteroatoms. The van der Waals surface area contributed by atoms with E-state index in [9.17, 15) is 35.7 Å². The van der Waals surface area contributed by atoms with Gasteiger partial charge < -0.3 is 0 Å². The number of aliphatic hydroxyl groups is 7. The van der Waals surface area contributed by atoms with E-state index in [1.54, 1.807) is 0 Å². The van der Waals surface area contributed by atoms with Gasteiger partial charge in [0.25, 0.3) is 0 Å². The van der Waals surface area contributed by atoms with Gasteiger partial charge in [-0.2, -0.15) is 0 Å². The number of hydrogen-bond donors (Lipinski definition) is 7. The number of fused-ring (bicyclic) bond motifs is 2. The van der Waals surface area contributed by atoms with Crippen LogP contribution in [0.1, 0.15) is 6.92 Å². The van der Waals surface area contributed by atoms with E-state index in [1.807, 2.05) is 0 Å². The van der Waals surface area contributed by atoms with Crippen LogP contribution < -0.4 is 21.6 Å². The van der Waals surface area contributed by atoms with E-state index in [4.69, 9.17) is 17.3 Å². The summed E-state index contributed by atoms with van der Waals surface area (Å²) in [6.45, 7) is 0.0261. The molecule has 0 aromatic heterocycles. The first-order chi connectivity index (χ1) is 11.7. The molecule has 8 atom stereocenters. The van der Waals surface area contributed by atoms with E-state index >= 15 is 0 Å². The molecule has 2 saturated heterocycles. The first-order valence-corrected chi connectivity index (χ1v) is 9.36. The van der Waals surface area contributed by atoms with E-state index < -0.39 is 92.6 Å². The number of alkyl halides is 1. The van der Waals surface area contributed by atoms with Crippen molar-refractivity contribution < 1.29 is 74.6 Å². The Morgan fingerprint density at radius 2 is 1.88 bits per heavy atom. The summed E-state index contributed by atoms with van der Waals surface area (Å²) in [6.07, 6.45) is -8.34. The third kappa shape index (κ3) is 2.93. The van der Waals surface area contributed by atoms with Crippen LogP contribution in [0.3, 0.4) is 0 Å². The molecule has 7 N–H and O–H groups in total. The van der Waals surface area contributed by atoms with Crippen molar-refractivity contribution in [2.75, 3.05) is 13.2 Å². The van der Waals surface area contributed by atoms with Gasteiger partial charge in [-0.05, 0) is 0 Å². The van der Waals surface area contributed by atoms with Crippen molar-refractivity contribution in [2.24, 2.45) is 0 Å². The zero-order valence-corrected chi connectivity index (χ0v) is 15.2. The summed E-state index contributed by atoms with van der Waals surface area (Å²) in [7, 11) is 0. The van der Waals surface area contributed by atoms with Crippen molar-refractivity contribution in [3.8, 4) is 0 Å². The Balaban J connectivity index is 1.82. The molecule has 0 aromatic rings. The zero-order valence-electron chi connectivity index (χ0n) is 13.0. The van der Waals surface area contributed by atoms with Gasteiger partial charge in [0.05, 0.1) is 0 Å². The molecular formula is C13H20IO11-. The van der Waals surface area contributed by atoms with Gasteiger partial charge in [-0.15, -0.1) is 0 Å². The summed E-state index contributed by atoms with van der Waals surface area (Å²) in [6, 6.07) is 0. The quantitative estimate of drug-likeness (QED) is 0.148. The van der Waals surface area contributed by atoms with E-state index in [1.165, 1.54) is 6.92 Å². The molecule has 11 nitrogen and oxygen atoms in total. The van der Waals surface area contributed by atoms with Gasteiger partial charge in [0, 0.05) is 0 Å². The Morgan fingerprint density at radius 1 is 1.20 bits per heavy atom. The normalized spacial score (nSPS) is 46.8. The maximum atomic E-state index is 10.3. The van der Waals surface area contributed by atoms with Gasteiger partial charge in [-0.1, -0.05) is 0 Å². The third-order valence-electron chi connectivity index (χ3n) is 4.44. The Kier molecular flexibility index (Phi) is 5.22. The molecule has 3 aliphatic heterocycles. The molecule has 25 heavy (non-hydrogen) atoms. The molecule has 0 aliphatic carbocycles. The monoisotopic (exact) mass is 479 g/mol. The second-order valence-electron chi connectivity index (χ2n) is 6.22. The molecule has 0 saturated carbocycles. The van der Waals surface area contributed by atoms with Crippen LogP contribution in [0.5, 0.6) is 0 Å². The fraction of sp³-hybridized carbons (Fsp3) is 0.846. The average Bonchev–Trinajstić information content (AvgIpc) is 3.00. The van der Waals surface area contributed by atoms with Crippen LogP contribution >= 0.6 is 0 Å². The summed E-state index contributed by atoms with van der Waals surface area (Å²) in [4.78, 5) is 0. The predicted molar refractivity (Wildman–Crippen MR) is 71.3 cm³/mol. The Hall–Kier alpha value is -0.290. The number of hydrogen-bond acceptors (Lipinski definition) is 11. The van der Waals surface area contributed by atoms with Crippen molar-refractivity contribution in [1.82, 2.24) is 0 Å². The van der Waals surface area contributed by atoms with Crippen molar-refractivity contribution in [1.29, 1.82) is 0 Å². The molecule has 2 fully saturated rings. The van der Waals surface area contributed by atoms with E-state index in [0.717, 1.165) is 0 Å². The summed E-state index contributed by atoms with van der Waals surface area (Å²) in [5.74, 6) is -1.53. The van der Waals surface area contributed by atoms with E-state index in [2.05, 4.69) is 0 Å². The second kappa shape index (κ2) is 6.70. The molecule has 2 bridgehead atoms. The molecular weight excluding hydrogens is 459 g/mol. The van der Waals surface area contributed by atoms with Crippen LogP contribution in [0, 0.1) is 0 Å². The van der Waals surface area contributed by atoms with E-state index in [0.29, 0.717) is 0 Å². The fourth-order valence-corrected chi connectivity index (χ4v) is 5.27. The topological polar surface area (TPSA) is 179 Å². The minimum atomic E-state index is -1.78. The average molecular weight is 479 g/mol. The van der Waals surface area contributed by atoms with Gasteiger partial charge in [0.2, 0.25) is 0 Å². The summed E-state index contributed by atoms with van der Waals surface area (Å²) >= 11 is -1.26. The van der Waals surface area contributed by atoms with Crippen molar-refractivity contribution >= 4 is 0 Å². The summed E-state index contributed by atoms with van der Waals surface area (Å²) in [5.41, 5.74) is -1.72. The molecule has 3 heterocycles. The van der Waals surface area contributed by atoms with Crippen LogP contribution in [0.2, 0.25) is 0 Å². The maximum absolute atomic E-state index is 10.3. The molecule has 0 amide bonds. The molecule has 0 radical (unpaired) electrons. The first kappa shape index (κ1) is 19.5. The van der Waals surface area contributed by atoms with Gasteiger partial charge in [-0.3, -0.25) is 0 Å². The minimum absolute atomic E-state index is 0.551. The van der Waals surface area contributed by atoms with Gasteiger partial charge in [0.15, 0.2) is 0 Å². The molecule has 8 unspecified atom stereocenters. The Labute approximate surface area is 152 Å². The number of aliphatic hydroxyl groups excluding tert-OH is 7. The molecule has 0 spiro atoms. The third-order valence-corrected chi connectivity index (χ3v) is 7.26. The van der Waals surface area contributed by atoms with Gasteiger partial charge in [-0.25, -0.2) is 0 Å². The summed E-state index contributed by atoms with van der Waals surface area (Å²) in [5, 5.41) is 68.6. The van der Waals surface area contributed by atoms with Crippen LogP contribution in [-0.2, 0) is 17.3 Å². The Morgan fingerprint density at radius 3 is 2.40 bits per heavy atom. The van der Waals surface area contributed by atoms with Crippen LogP contribution in [-0.4, -0.2) is 95.2 Å². The standard InChI is InChI=1S/C13H20IO11/c1-12(2-15,9-4(17)5(18)10(21)22-9)23-11-6(19)7-8(20)13(3-16,24-11)14-25-7/h6-11,15-21H,2-3H2,1H3/q-1. The van der Waals surface area contributed by atoms with Crippen molar-refractivity contribution in [3.63, 3.8) is 0 Å². The molecule has 0 aromatic carbocycles. The van der Waals surface area contributed by atoms with Crippen molar-refractivity contribution in [3.05, 3.63) is 11.5 Å². The summed E-state index contributed by atoms with van der Waals surface area (Å²) < 4.78 is 20.1. The SMILES string of the molecule is CC(CO)(OC1OC2(CO)[I-]OC(C1O)C2O)C1OC(O)C(O)=C1O. The number of halogens is 1. The fourth-order valence-electron chi connectivity index (χ4n) is 2.86. The number of ether oxygens (including phenoxy) is 3.